The highest BCUT2D eigenvalue weighted by atomic mass is 16.6. The van der Waals surface area contributed by atoms with Gasteiger partial charge in [-0.15, -0.1) is 0 Å². The van der Waals surface area contributed by atoms with Crippen LogP contribution in [0.25, 0.3) is 0 Å². The summed E-state index contributed by atoms with van der Waals surface area (Å²) in [5, 5.41) is 11.2. The molecule has 0 aromatic heterocycles. The monoisotopic (exact) mass is 420 g/mol. The van der Waals surface area contributed by atoms with Crippen molar-refractivity contribution in [1.29, 1.82) is 0 Å². The molecule has 2 atom stereocenters. The number of amides is 1. The number of rotatable bonds is 7. The smallest absolute Gasteiger partial charge is 0.271 e. The topological polar surface area (TPSA) is 91.1 Å². The second-order valence-corrected chi connectivity index (χ2v) is 6.90. The molecule has 3 aromatic rings. The summed E-state index contributed by atoms with van der Waals surface area (Å²) in [6.45, 7) is 0. The molecule has 0 unspecified atom stereocenters. The third-order valence-corrected chi connectivity index (χ3v) is 5.12. The van der Waals surface area contributed by atoms with Crippen molar-refractivity contribution < 1.29 is 23.9 Å². The summed E-state index contributed by atoms with van der Waals surface area (Å²) >= 11 is 0. The molecule has 0 bridgehead atoms. The van der Waals surface area contributed by atoms with E-state index in [0.29, 0.717) is 22.9 Å². The van der Waals surface area contributed by atoms with Crippen LogP contribution < -0.4 is 19.1 Å². The Balaban J connectivity index is 1.75. The molecule has 1 saturated heterocycles. The molecule has 1 fully saturated rings. The van der Waals surface area contributed by atoms with Crippen LogP contribution in [0.4, 0.5) is 11.4 Å². The number of benzene rings is 3. The number of carbonyl (C=O) groups excluding carboxylic acids is 1. The normalized spacial score (nSPS) is 17.6. The van der Waals surface area contributed by atoms with Crippen LogP contribution in [-0.2, 0) is 4.79 Å². The minimum Gasteiger partial charge on any atom is -0.493 e. The highest BCUT2D eigenvalue weighted by Gasteiger charge is 2.51. The lowest BCUT2D eigenvalue weighted by atomic mass is 9.89. The van der Waals surface area contributed by atoms with E-state index in [0.717, 1.165) is 5.56 Å². The van der Waals surface area contributed by atoms with E-state index in [1.165, 1.54) is 24.1 Å². The number of ether oxygens (including phenoxy) is 3. The number of β-lactam (4-membered cyclic amide) rings is 1. The quantitative estimate of drug-likeness (QED) is 0.324. The maximum Gasteiger partial charge on any atom is 0.271 e. The van der Waals surface area contributed by atoms with Crippen LogP contribution >= 0.6 is 0 Å². The summed E-state index contributed by atoms with van der Waals surface area (Å²) < 4.78 is 16.7. The standard InChI is InChI=1S/C23H20N2O6/c1-29-19-12-11-15(13-20(19)30-2)21-22(31-18-9-4-3-5-10-18)23(26)24(21)16-7-6-8-17(14-16)25(27)28/h3-14,21-22H,1-2H3/t21-,22+/m0/s1. The van der Waals surface area contributed by atoms with E-state index >= 15 is 0 Å². The van der Waals surface area contributed by atoms with Gasteiger partial charge < -0.3 is 14.2 Å². The zero-order chi connectivity index (χ0) is 22.0. The van der Waals surface area contributed by atoms with Crippen LogP contribution in [0.3, 0.4) is 0 Å². The van der Waals surface area contributed by atoms with Gasteiger partial charge in [-0.2, -0.15) is 0 Å². The lowest BCUT2D eigenvalue weighted by Crippen LogP contribution is -2.61. The molecule has 1 heterocycles. The minimum atomic E-state index is -0.792. The molecular weight excluding hydrogens is 400 g/mol. The molecule has 0 aliphatic carbocycles. The van der Waals surface area contributed by atoms with Crippen molar-refractivity contribution >= 4 is 17.3 Å². The molecule has 3 aromatic carbocycles. The van der Waals surface area contributed by atoms with E-state index in [9.17, 15) is 14.9 Å². The number of nitro benzene ring substituents is 1. The Morgan fingerprint density at radius 3 is 2.32 bits per heavy atom. The summed E-state index contributed by atoms with van der Waals surface area (Å²) in [5.41, 5.74) is 1.08. The number of carbonyl (C=O) groups is 1. The van der Waals surface area contributed by atoms with Gasteiger partial charge in [-0.3, -0.25) is 19.8 Å². The average molecular weight is 420 g/mol. The van der Waals surface area contributed by atoms with Crippen LogP contribution in [0, 0.1) is 10.1 Å². The molecule has 31 heavy (non-hydrogen) atoms. The van der Waals surface area contributed by atoms with Crippen LogP contribution in [0.1, 0.15) is 11.6 Å². The first kappa shape index (κ1) is 20.2. The van der Waals surface area contributed by atoms with E-state index in [4.69, 9.17) is 14.2 Å². The number of nitrogens with zero attached hydrogens (tertiary/aromatic N) is 2. The molecule has 0 N–H and O–H groups in total. The maximum atomic E-state index is 13.1. The molecule has 8 heteroatoms. The maximum absolute atomic E-state index is 13.1. The molecule has 8 nitrogen and oxygen atoms in total. The third-order valence-electron chi connectivity index (χ3n) is 5.12. The van der Waals surface area contributed by atoms with Gasteiger partial charge in [0.15, 0.2) is 11.5 Å². The van der Waals surface area contributed by atoms with Crippen molar-refractivity contribution in [1.82, 2.24) is 0 Å². The number of nitro groups is 1. The van der Waals surface area contributed by atoms with Crippen molar-refractivity contribution in [3.05, 3.63) is 88.5 Å². The van der Waals surface area contributed by atoms with Gasteiger partial charge in [0.25, 0.3) is 11.6 Å². The van der Waals surface area contributed by atoms with E-state index in [1.807, 2.05) is 24.3 Å². The summed E-state index contributed by atoms with van der Waals surface area (Å²) in [6.07, 6.45) is -0.792. The van der Waals surface area contributed by atoms with Crippen LogP contribution in [-0.4, -0.2) is 31.2 Å². The fourth-order valence-corrected chi connectivity index (χ4v) is 3.63. The number of para-hydroxylation sites is 1. The zero-order valence-electron chi connectivity index (χ0n) is 16.9. The van der Waals surface area contributed by atoms with Gasteiger partial charge in [0.05, 0.1) is 24.8 Å². The highest BCUT2D eigenvalue weighted by molar-refractivity contribution is 6.05. The molecule has 1 aliphatic heterocycles. The van der Waals surface area contributed by atoms with Crippen LogP contribution in [0.5, 0.6) is 17.2 Å². The Kier molecular flexibility index (Phi) is 5.44. The summed E-state index contributed by atoms with van der Waals surface area (Å²) in [4.78, 5) is 25.3. The molecule has 1 amide bonds. The van der Waals surface area contributed by atoms with Crippen LogP contribution in [0.2, 0.25) is 0 Å². The average Bonchev–Trinajstić information content (AvgIpc) is 2.81. The van der Waals surface area contributed by atoms with Gasteiger partial charge >= 0.3 is 0 Å². The SMILES string of the molecule is COc1ccc([C@H]2[C@@H](Oc3ccccc3)C(=O)N2c2cccc([N+](=O)[O-])c2)cc1OC. The van der Waals surface area contributed by atoms with Gasteiger partial charge in [0, 0.05) is 12.1 Å². The fraction of sp³-hybridized carbons (Fsp3) is 0.174. The molecule has 158 valence electrons. The lowest BCUT2D eigenvalue weighted by molar-refractivity contribution is -0.384. The number of non-ortho nitro benzene ring substituents is 1. The van der Waals surface area contributed by atoms with Crippen molar-refractivity contribution in [2.45, 2.75) is 12.1 Å². The van der Waals surface area contributed by atoms with Crippen molar-refractivity contribution in [3.8, 4) is 17.2 Å². The summed E-state index contributed by atoms with van der Waals surface area (Å²) in [5.74, 6) is 1.34. The predicted molar refractivity (Wildman–Crippen MR) is 114 cm³/mol. The number of anilines is 1. The van der Waals surface area contributed by atoms with E-state index in [-0.39, 0.29) is 11.6 Å². The molecule has 0 saturated carbocycles. The van der Waals surface area contributed by atoms with Gasteiger partial charge in [0.1, 0.15) is 11.8 Å². The number of methoxy groups -OCH3 is 2. The molecule has 1 aliphatic rings. The third kappa shape index (κ3) is 3.75. The lowest BCUT2D eigenvalue weighted by Gasteiger charge is -2.46. The summed E-state index contributed by atoms with van der Waals surface area (Å²) in [7, 11) is 3.07. The Labute approximate surface area is 178 Å². The van der Waals surface area contributed by atoms with Crippen molar-refractivity contribution in [2.24, 2.45) is 0 Å². The van der Waals surface area contributed by atoms with Crippen LogP contribution in [0.15, 0.2) is 72.8 Å². The minimum absolute atomic E-state index is 0.0937. The molecule has 0 spiro atoms. The largest absolute Gasteiger partial charge is 0.493 e. The van der Waals surface area contributed by atoms with Gasteiger partial charge in [0.2, 0.25) is 6.10 Å². The second-order valence-electron chi connectivity index (χ2n) is 6.90. The van der Waals surface area contributed by atoms with E-state index in [1.54, 1.807) is 43.5 Å². The van der Waals surface area contributed by atoms with Crippen molar-refractivity contribution in [2.75, 3.05) is 19.1 Å². The van der Waals surface area contributed by atoms with E-state index in [2.05, 4.69) is 0 Å². The van der Waals surface area contributed by atoms with Gasteiger partial charge in [-0.25, -0.2) is 0 Å². The first-order chi connectivity index (χ1) is 15.0. The van der Waals surface area contributed by atoms with Crippen molar-refractivity contribution in [3.63, 3.8) is 0 Å². The highest BCUT2D eigenvalue weighted by Crippen LogP contribution is 2.44. The molecule has 0 radical (unpaired) electrons. The Morgan fingerprint density at radius 1 is 0.903 bits per heavy atom. The Morgan fingerprint density at radius 2 is 1.65 bits per heavy atom. The Bertz CT molecular complexity index is 1120. The number of hydrogen-bond donors (Lipinski definition) is 0. The van der Waals surface area contributed by atoms with Gasteiger partial charge in [-0.1, -0.05) is 30.3 Å². The predicted octanol–water partition coefficient (Wildman–Crippen LogP) is 4.15. The first-order valence-electron chi connectivity index (χ1n) is 9.54. The van der Waals surface area contributed by atoms with Gasteiger partial charge in [-0.05, 0) is 35.9 Å². The second kappa shape index (κ2) is 8.35. The molecular formula is C23H20N2O6. The zero-order valence-corrected chi connectivity index (χ0v) is 16.9. The number of hydrogen-bond acceptors (Lipinski definition) is 6. The fourth-order valence-electron chi connectivity index (χ4n) is 3.63. The van der Waals surface area contributed by atoms with E-state index < -0.39 is 17.1 Å². The summed E-state index contributed by atoms with van der Waals surface area (Å²) in [6, 6.07) is 19.9. The molecule has 4 rings (SSSR count). The Hall–Kier alpha value is -4.07. The first-order valence-corrected chi connectivity index (χ1v) is 9.54.